The molecule has 142 valence electrons. The largest absolute Gasteiger partial charge is 0.497 e. The number of hydrogen-bond acceptors (Lipinski definition) is 4. The fourth-order valence-corrected chi connectivity index (χ4v) is 8.14. The predicted molar refractivity (Wildman–Crippen MR) is 99.5 cm³/mol. The van der Waals surface area contributed by atoms with E-state index in [-0.39, 0.29) is 35.1 Å². The number of hydrogen-bond donors (Lipinski definition) is 1. The molecule has 1 aliphatic heterocycles. The van der Waals surface area contributed by atoms with Gasteiger partial charge in [-0.1, -0.05) is 19.9 Å². The van der Waals surface area contributed by atoms with E-state index in [1.807, 2.05) is 0 Å². The summed E-state index contributed by atoms with van der Waals surface area (Å²) in [5.41, 5.74) is 0.420. The number of nitrogens with zero attached hydrogens (tertiary/aromatic N) is 1. The number of ether oxygens (including phenoxy) is 1. The minimum absolute atomic E-state index is 0.0166. The molecule has 1 saturated heterocycles. The predicted octanol–water partition coefficient (Wildman–Crippen LogP) is 2.47. The molecule has 2 aliphatic carbocycles. The highest BCUT2D eigenvalue weighted by molar-refractivity contribution is 7.89. The monoisotopic (exact) mass is 378 g/mol. The van der Waals surface area contributed by atoms with Crippen molar-refractivity contribution in [2.75, 3.05) is 24.7 Å². The Hall–Kier alpha value is -1.60. The smallest absolute Gasteiger partial charge is 0.239 e. The minimum Gasteiger partial charge on any atom is -0.497 e. The average Bonchev–Trinajstić information content (AvgIpc) is 3.04. The first-order chi connectivity index (χ1) is 12.2. The van der Waals surface area contributed by atoms with Gasteiger partial charge in [0.2, 0.25) is 15.9 Å². The summed E-state index contributed by atoms with van der Waals surface area (Å²) in [4.78, 5) is 12.6. The molecule has 1 amide bonds. The maximum atomic E-state index is 12.9. The summed E-state index contributed by atoms with van der Waals surface area (Å²) in [6, 6.07) is 7.02. The van der Waals surface area contributed by atoms with Gasteiger partial charge in [0.15, 0.2) is 0 Å². The van der Waals surface area contributed by atoms with Crippen molar-refractivity contribution in [3.63, 3.8) is 0 Å². The Morgan fingerprint density at radius 2 is 2.15 bits per heavy atom. The van der Waals surface area contributed by atoms with Crippen molar-refractivity contribution in [1.82, 2.24) is 4.31 Å². The van der Waals surface area contributed by atoms with Crippen molar-refractivity contribution in [2.45, 2.75) is 39.2 Å². The summed E-state index contributed by atoms with van der Waals surface area (Å²) < 4.78 is 32.4. The van der Waals surface area contributed by atoms with Crippen molar-refractivity contribution in [3.8, 4) is 5.75 Å². The van der Waals surface area contributed by atoms with Crippen LogP contribution in [0.15, 0.2) is 24.3 Å². The lowest BCUT2D eigenvalue weighted by Crippen LogP contribution is -2.44. The van der Waals surface area contributed by atoms with Crippen molar-refractivity contribution >= 4 is 21.6 Å². The summed E-state index contributed by atoms with van der Waals surface area (Å²) >= 11 is 0. The van der Waals surface area contributed by atoms with E-state index in [2.05, 4.69) is 19.2 Å². The molecule has 0 unspecified atom stereocenters. The molecular formula is C19H26N2O4S. The zero-order valence-electron chi connectivity index (χ0n) is 15.5. The van der Waals surface area contributed by atoms with Crippen molar-refractivity contribution in [3.05, 3.63) is 24.3 Å². The second-order valence-electron chi connectivity index (χ2n) is 8.45. The van der Waals surface area contributed by atoms with Gasteiger partial charge in [0.1, 0.15) is 5.75 Å². The van der Waals surface area contributed by atoms with Crippen LogP contribution in [0.3, 0.4) is 0 Å². The summed E-state index contributed by atoms with van der Waals surface area (Å²) in [6.07, 6.45) is 2.92. The molecule has 1 spiro atoms. The molecule has 7 heteroatoms. The minimum atomic E-state index is -3.41. The number of benzene rings is 1. The van der Waals surface area contributed by atoms with Crippen molar-refractivity contribution in [2.24, 2.45) is 16.7 Å². The van der Waals surface area contributed by atoms with E-state index < -0.39 is 10.0 Å². The molecule has 3 atom stereocenters. The van der Waals surface area contributed by atoms with Gasteiger partial charge in [-0.15, -0.1) is 0 Å². The van der Waals surface area contributed by atoms with E-state index in [1.165, 1.54) is 4.31 Å². The van der Waals surface area contributed by atoms with Gasteiger partial charge in [-0.2, -0.15) is 4.31 Å². The van der Waals surface area contributed by atoms with Crippen LogP contribution in [-0.4, -0.2) is 44.1 Å². The van der Waals surface area contributed by atoms with E-state index in [1.54, 1.807) is 31.4 Å². The number of carbonyl (C=O) groups excluding carboxylic acids is 1. The normalized spacial score (nSPS) is 33.8. The number of methoxy groups -OCH3 is 1. The number of carbonyl (C=O) groups is 1. The van der Waals surface area contributed by atoms with E-state index in [4.69, 9.17) is 4.74 Å². The lowest BCUT2D eigenvalue weighted by Gasteiger charge is -2.37. The fraction of sp³-hybridized carbons (Fsp3) is 0.632. The maximum absolute atomic E-state index is 12.9. The van der Waals surface area contributed by atoms with Crippen molar-refractivity contribution < 1.29 is 17.9 Å². The quantitative estimate of drug-likeness (QED) is 0.873. The number of anilines is 1. The number of amides is 1. The second-order valence-corrected chi connectivity index (χ2v) is 10.4. The van der Waals surface area contributed by atoms with Crippen LogP contribution in [-0.2, 0) is 14.8 Å². The molecule has 1 aromatic carbocycles. The highest BCUT2D eigenvalue weighted by Crippen LogP contribution is 2.69. The van der Waals surface area contributed by atoms with Crippen LogP contribution in [0.1, 0.15) is 33.1 Å². The molecule has 2 saturated carbocycles. The van der Waals surface area contributed by atoms with E-state index in [0.717, 1.165) is 19.3 Å². The first kappa shape index (κ1) is 17.8. The Bertz CT molecular complexity index is 851. The maximum Gasteiger partial charge on any atom is 0.239 e. The van der Waals surface area contributed by atoms with E-state index >= 15 is 0 Å². The molecule has 1 N–H and O–H groups in total. The van der Waals surface area contributed by atoms with Crippen LogP contribution >= 0.6 is 0 Å². The van der Waals surface area contributed by atoms with E-state index in [0.29, 0.717) is 17.4 Å². The molecule has 0 aromatic heterocycles. The van der Waals surface area contributed by atoms with Crippen LogP contribution in [0.4, 0.5) is 5.69 Å². The highest BCUT2D eigenvalue weighted by atomic mass is 32.2. The van der Waals surface area contributed by atoms with Gasteiger partial charge in [-0.05, 0) is 42.7 Å². The van der Waals surface area contributed by atoms with Crippen LogP contribution in [0, 0.1) is 16.7 Å². The van der Waals surface area contributed by atoms with Gasteiger partial charge in [-0.25, -0.2) is 8.42 Å². The Labute approximate surface area is 155 Å². The molecule has 2 bridgehead atoms. The third-order valence-corrected chi connectivity index (χ3v) is 9.16. The number of sulfonamides is 1. The zero-order chi connectivity index (χ0) is 18.7. The molecule has 6 nitrogen and oxygen atoms in total. The second kappa shape index (κ2) is 5.70. The molecular weight excluding hydrogens is 352 g/mol. The SMILES string of the molecule is COc1cccc(NC(=O)CN2[C@@H]3C[C@H]4CC[C@]3(CS2(=O)=O)C4(C)C)c1. The van der Waals surface area contributed by atoms with Crippen LogP contribution in [0.2, 0.25) is 0 Å². The summed E-state index contributed by atoms with van der Waals surface area (Å²) in [5, 5.41) is 2.80. The molecule has 3 fully saturated rings. The van der Waals surface area contributed by atoms with Gasteiger partial charge in [0.25, 0.3) is 0 Å². The van der Waals surface area contributed by atoms with Gasteiger partial charge in [0.05, 0.1) is 19.4 Å². The first-order valence-corrected chi connectivity index (χ1v) is 10.7. The lowest BCUT2D eigenvalue weighted by molar-refractivity contribution is -0.116. The lowest BCUT2D eigenvalue weighted by atomic mass is 9.69. The van der Waals surface area contributed by atoms with Gasteiger partial charge in [0, 0.05) is 23.2 Å². The Morgan fingerprint density at radius 1 is 1.38 bits per heavy atom. The standard InChI is InChI=1S/C19H26N2O4S/c1-18(2)13-7-8-19(18)12-26(23,24)21(16(19)9-13)11-17(22)20-14-5-4-6-15(10-14)25-3/h4-6,10,13,16H,7-9,11-12H2,1-3H3,(H,20,22)/t13-,16-,19-/m1/s1. The molecule has 1 heterocycles. The third-order valence-electron chi connectivity index (χ3n) is 7.19. The number of nitrogens with one attached hydrogen (secondary N) is 1. The zero-order valence-corrected chi connectivity index (χ0v) is 16.3. The van der Waals surface area contributed by atoms with Crippen LogP contribution < -0.4 is 10.1 Å². The molecule has 1 aromatic rings. The van der Waals surface area contributed by atoms with Crippen molar-refractivity contribution in [1.29, 1.82) is 0 Å². The van der Waals surface area contributed by atoms with Crippen LogP contribution in [0.5, 0.6) is 5.75 Å². The van der Waals surface area contributed by atoms with Gasteiger partial charge in [-0.3, -0.25) is 4.79 Å². The number of rotatable bonds is 4. The summed E-state index contributed by atoms with van der Waals surface area (Å²) in [7, 11) is -1.85. The van der Waals surface area contributed by atoms with E-state index in [9.17, 15) is 13.2 Å². The molecule has 4 rings (SSSR count). The fourth-order valence-electron chi connectivity index (χ4n) is 5.63. The topological polar surface area (TPSA) is 75.7 Å². The Morgan fingerprint density at radius 3 is 2.85 bits per heavy atom. The number of fused-ring (bicyclic) bond motifs is 1. The Kier molecular flexibility index (Phi) is 3.90. The molecule has 26 heavy (non-hydrogen) atoms. The summed E-state index contributed by atoms with van der Waals surface area (Å²) in [5.74, 6) is 1.07. The molecule has 3 aliphatic rings. The highest BCUT2D eigenvalue weighted by Gasteiger charge is 2.71. The third kappa shape index (κ3) is 2.40. The first-order valence-electron chi connectivity index (χ1n) is 9.13. The van der Waals surface area contributed by atoms with Gasteiger partial charge >= 0.3 is 0 Å². The van der Waals surface area contributed by atoms with Gasteiger partial charge < -0.3 is 10.1 Å². The van der Waals surface area contributed by atoms with Crippen LogP contribution in [0.25, 0.3) is 0 Å². The summed E-state index contributed by atoms with van der Waals surface area (Å²) in [6.45, 7) is 4.30. The molecule has 0 radical (unpaired) electrons. The average molecular weight is 378 g/mol. The Balaban J connectivity index is 1.54.